The third-order valence-corrected chi connectivity index (χ3v) is 3.81. The standard InChI is InChI=1S/C14H26O3/c1-3-5-7-13(11-16-13)9-15-10-14(12-17-14)8-6-4-2/h3-12H2,1-2H3. The van der Waals surface area contributed by atoms with Crippen molar-refractivity contribution >= 4 is 0 Å². The molecule has 0 spiro atoms. The molecule has 3 heteroatoms. The largest absolute Gasteiger partial charge is 0.375 e. The first-order valence-corrected chi connectivity index (χ1v) is 7.10. The predicted molar refractivity (Wildman–Crippen MR) is 67.2 cm³/mol. The molecule has 2 fully saturated rings. The average Bonchev–Trinajstić information content (AvgIpc) is 3.23. The van der Waals surface area contributed by atoms with E-state index in [1.807, 2.05) is 0 Å². The Kier molecular flexibility index (Phi) is 4.45. The maximum Gasteiger partial charge on any atom is 0.115 e. The van der Waals surface area contributed by atoms with Crippen molar-refractivity contribution in [2.24, 2.45) is 0 Å². The average molecular weight is 242 g/mol. The van der Waals surface area contributed by atoms with Gasteiger partial charge in [-0.05, 0) is 12.8 Å². The number of rotatable bonds is 10. The summed E-state index contributed by atoms with van der Waals surface area (Å²) in [6.45, 7) is 7.71. The van der Waals surface area contributed by atoms with E-state index in [-0.39, 0.29) is 11.2 Å². The van der Waals surface area contributed by atoms with Gasteiger partial charge in [0, 0.05) is 0 Å². The Labute approximate surface area is 105 Å². The minimum absolute atomic E-state index is 0.0663. The fraction of sp³-hybridized carbons (Fsp3) is 1.00. The topological polar surface area (TPSA) is 34.3 Å². The van der Waals surface area contributed by atoms with Crippen LogP contribution < -0.4 is 0 Å². The van der Waals surface area contributed by atoms with Crippen molar-refractivity contribution in [1.29, 1.82) is 0 Å². The lowest BCUT2D eigenvalue weighted by molar-refractivity contribution is 0.0363. The monoisotopic (exact) mass is 242 g/mol. The van der Waals surface area contributed by atoms with Gasteiger partial charge in [0.2, 0.25) is 0 Å². The van der Waals surface area contributed by atoms with E-state index >= 15 is 0 Å². The zero-order valence-electron chi connectivity index (χ0n) is 11.3. The Morgan fingerprint density at radius 1 is 0.882 bits per heavy atom. The first kappa shape index (κ1) is 13.3. The van der Waals surface area contributed by atoms with Crippen LogP contribution >= 0.6 is 0 Å². The lowest BCUT2D eigenvalue weighted by Crippen LogP contribution is -2.26. The van der Waals surface area contributed by atoms with Crippen LogP contribution in [0.1, 0.15) is 52.4 Å². The summed E-state index contributed by atoms with van der Waals surface area (Å²) < 4.78 is 16.9. The predicted octanol–water partition coefficient (Wildman–Crippen LogP) is 2.92. The van der Waals surface area contributed by atoms with E-state index in [2.05, 4.69) is 13.8 Å². The van der Waals surface area contributed by atoms with Gasteiger partial charge in [-0.3, -0.25) is 0 Å². The van der Waals surface area contributed by atoms with Crippen molar-refractivity contribution < 1.29 is 14.2 Å². The lowest BCUT2D eigenvalue weighted by Gasteiger charge is -2.15. The van der Waals surface area contributed by atoms with Crippen molar-refractivity contribution in [2.75, 3.05) is 26.4 Å². The normalized spacial score (nSPS) is 34.9. The van der Waals surface area contributed by atoms with Gasteiger partial charge in [-0.1, -0.05) is 39.5 Å². The minimum atomic E-state index is 0.0663. The van der Waals surface area contributed by atoms with Crippen LogP contribution in [0.5, 0.6) is 0 Å². The van der Waals surface area contributed by atoms with Crippen LogP contribution in [0, 0.1) is 0 Å². The van der Waals surface area contributed by atoms with E-state index < -0.39 is 0 Å². The van der Waals surface area contributed by atoms with Gasteiger partial charge in [-0.25, -0.2) is 0 Å². The van der Waals surface area contributed by atoms with E-state index in [0.717, 1.165) is 39.3 Å². The molecular weight excluding hydrogens is 216 g/mol. The van der Waals surface area contributed by atoms with Gasteiger partial charge in [-0.15, -0.1) is 0 Å². The molecule has 100 valence electrons. The lowest BCUT2D eigenvalue weighted by atomic mass is 10.0. The number of ether oxygens (including phenoxy) is 3. The van der Waals surface area contributed by atoms with Gasteiger partial charge in [0.1, 0.15) is 11.2 Å². The molecule has 0 bridgehead atoms. The van der Waals surface area contributed by atoms with Crippen LogP contribution in [0.15, 0.2) is 0 Å². The summed E-state index contributed by atoms with van der Waals surface area (Å²) in [5, 5.41) is 0. The van der Waals surface area contributed by atoms with E-state index in [1.54, 1.807) is 0 Å². The quantitative estimate of drug-likeness (QED) is 0.552. The molecule has 2 rings (SSSR count). The molecule has 2 atom stereocenters. The summed E-state index contributed by atoms with van der Waals surface area (Å²) in [5.74, 6) is 0. The van der Waals surface area contributed by atoms with Crippen molar-refractivity contribution in [2.45, 2.75) is 63.6 Å². The van der Waals surface area contributed by atoms with Crippen molar-refractivity contribution in [3.63, 3.8) is 0 Å². The van der Waals surface area contributed by atoms with Crippen LogP contribution in [0.25, 0.3) is 0 Å². The molecule has 0 aromatic heterocycles. The molecule has 0 radical (unpaired) electrons. The maximum absolute atomic E-state index is 5.83. The van der Waals surface area contributed by atoms with Crippen LogP contribution in [-0.4, -0.2) is 37.6 Å². The number of epoxide rings is 2. The second-order valence-electron chi connectivity index (χ2n) is 5.64. The second-order valence-corrected chi connectivity index (χ2v) is 5.64. The van der Waals surface area contributed by atoms with Gasteiger partial charge >= 0.3 is 0 Å². The smallest absolute Gasteiger partial charge is 0.115 e. The number of hydrogen-bond donors (Lipinski definition) is 0. The van der Waals surface area contributed by atoms with Gasteiger partial charge < -0.3 is 14.2 Å². The van der Waals surface area contributed by atoms with Crippen LogP contribution in [0.2, 0.25) is 0 Å². The van der Waals surface area contributed by atoms with E-state index in [1.165, 1.54) is 25.7 Å². The SMILES string of the molecule is CCCCC1(COCC2(CCCC)CO2)CO1. The molecule has 2 heterocycles. The molecule has 0 aromatic rings. The highest BCUT2D eigenvalue weighted by Crippen LogP contribution is 2.36. The Hall–Kier alpha value is -0.120. The Morgan fingerprint density at radius 3 is 1.59 bits per heavy atom. The molecular formula is C14H26O3. The van der Waals surface area contributed by atoms with Crippen molar-refractivity contribution in [3.8, 4) is 0 Å². The third kappa shape index (κ3) is 3.94. The van der Waals surface area contributed by atoms with Gasteiger partial charge in [0.15, 0.2) is 0 Å². The highest BCUT2D eigenvalue weighted by molar-refractivity contribution is 4.95. The maximum atomic E-state index is 5.83. The highest BCUT2D eigenvalue weighted by Gasteiger charge is 2.47. The Balaban J connectivity index is 1.59. The van der Waals surface area contributed by atoms with E-state index in [9.17, 15) is 0 Å². The number of unbranched alkanes of at least 4 members (excludes halogenated alkanes) is 2. The highest BCUT2D eigenvalue weighted by atomic mass is 16.6. The van der Waals surface area contributed by atoms with E-state index in [0.29, 0.717) is 0 Å². The first-order valence-electron chi connectivity index (χ1n) is 7.10. The zero-order chi connectivity index (χ0) is 12.2. The van der Waals surface area contributed by atoms with Crippen LogP contribution in [0.3, 0.4) is 0 Å². The van der Waals surface area contributed by atoms with E-state index in [4.69, 9.17) is 14.2 Å². The summed E-state index contributed by atoms with van der Waals surface area (Å²) in [7, 11) is 0. The summed E-state index contributed by atoms with van der Waals surface area (Å²) in [4.78, 5) is 0. The molecule has 0 saturated carbocycles. The molecule has 2 aliphatic heterocycles. The molecule has 0 aromatic carbocycles. The van der Waals surface area contributed by atoms with Gasteiger partial charge in [-0.2, -0.15) is 0 Å². The van der Waals surface area contributed by atoms with Gasteiger partial charge in [0.25, 0.3) is 0 Å². The Bertz CT molecular complexity index is 208. The molecule has 2 unspecified atom stereocenters. The van der Waals surface area contributed by atoms with Gasteiger partial charge in [0.05, 0.1) is 26.4 Å². The molecule has 2 aliphatic rings. The first-order chi connectivity index (χ1) is 8.24. The van der Waals surface area contributed by atoms with Crippen LogP contribution in [0.4, 0.5) is 0 Å². The zero-order valence-corrected chi connectivity index (χ0v) is 11.3. The van der Waals surface area contributed by atoms with Crippen molar-refractivity contribution in [1.82, 2.24) is 0 Å². The molecule has 0 N–H and O–H groups in total. The molecule has 3 nitrogen and oxygen atoms in total. The fourth-order valence-electron chi connectivity index (χ4n) is 2.22. The minimum Gasteiger partial charge on any atom is -0.375 e. The molecule has 2 saturated heterocycles. The molecule has 17 heavy (non-hydrogen) atoms. The summed E-state index contributed by atoms with van der Waals surface area (Å²) in [6.07, 6.45) is 7.23. The second kappa shape index (κ2) is 5.68. The van der Waals surface area contributed by atoms with Crippen molar-refractivity contribution in [3.05, 3.63) is 0 Å². The fourth-order valence-corrected chi connectivity index (χ4v) is 2.22. The molecule has 0 amide bonds. The molecule has 0 aliphatic carbocycles. The third-order valence-electron chi connectivity index (χ3n) is 3.81. The summed E-state index contributed by atoms with van der Waals surface area (Å²) in [5.41, 5.74) is 0.133. The summed E-state index contributed by atoms with van der Waals surface area (Å²) >= 11 is 0. The number of hydrogen-bond acceptors (Lipinski definition) is 3. The Morgan fingerprint density at radius 2 is 1.29 bits per heavy atom. The van der Waals surface area contributed by atoms with Crippen LogP contribution in [-0.2, 0) is 14.2 Å². The summed E-state index contributed by atoms with van der Waals surface area (Å²) in [6, 6.07) is 0.